The summed E-state index contributed by atoms with van der Waals surface area (Å²) in [7, 11) is 0. The molecule has 0 amide bonds. The van der Waals surface area contributed by atoms with Gasteiger partial charge in [-0.25, -0.2) is 4.99 Å². The van der Waals surface area contributed by atoms with Crippen LogP contribution in [-0.4, -0.2) is 37.2 Å². The number of halogens is 3. The van der Waals surface area contributed by atoms with Gasteiger partial charge in [0.2, 0.25) is 0 Å². The minimum absolute atomic E-state index is 0. The quantitative estimate of drug-likeness (QED) is 0.381. The Bertz CT molecular complexity index is 451. The number of morpholine rings is 1. The average molecular weight is 508 g/mol. The lowest BCUT2D eigenvalue weighted by Gasteiger charge is -2.27. The summed E-state index contributed by atoms with van der Waals surface area (Å²) in [6.07, 6.45) is 0. The molecule has 0 saturated carbocycles. The van der Waals surface area contributed by atoms with Crippen molar-refractivity contribution in [2.75, 3.05) is 26.3 Å². The van der Waals surface area contributed by atoms with E-state index in [1.807, 2.05) is 23.1 Å². The molecule has 0 aromatic heterocycles. The lowest BCUT2D eigenvalue weighted by molar-refractivity contribution is 0.0674. The highest BCUT2D eigenvalue weighted by Crippen LogP contribution is 2.18. The number of hydrogen-bond donors (Lipinski definition) is 1. The minimum Gasteiger partial charge on any atom is -0.378 e. The Labute approximate surface area is 148 Å². The number of ether oxygens (including phenoxy) is 1. The molecule has 2 rings (SSSR count). The first-order valence-electron chi connectivity index (χ1n) is 5.73. The molecule has 1 saturated heterocycles. The molecule has 1 heterocycles. The Kier molecular flexibility index (Phi) is 7.70. The summed E-state index contributed by atoms with van der Waals surface area (Å²) in [6.45, 7) is 3.64. The Morgan fingerprint density at radius 3 is 2.74 bits per heavy atom. The van der Waals surface area contributed by atoms with Crippen LogP contribution < -0.4 is 5.73 Å². The molecule has 2 N–H and O–H groups in total. The summed E-state index contributed by atoms with van der Waals surface area (Å²) in [4.78, 5) is 6.47. The molecule has 1 aliphatic rings. The topological polar surface area (TPSA) is 50.8 Å². The second kappa shape index (κ2) is 8.48. The van der Waals surface area contributed by atoms with Crippen LogP contribution in [0.2, 0.25) is 5.02 Å². The number of hydrogen-bond acceptors (Lipinski definition) is 2. The number of rotatable bonds is 2. The van der Waals surface area contributed by atoms with Crippen molar-refractivity contribution >= 4 is 64.1 Å². The van der Waals surface area contributed by atoms with Crippen molar-refractivity contribution in [2.24, 2.45) is 10.7 Å². The van der Waals surface area contributed by atoms with Gasteiger partial charge < -0.3 is 15.4 Å². The summed E-state index contributed by atoms with van der Waals surface area (Å²) < 4.78 is 6.39. The normalized spacial score (nSPS) is 16.1. The largest absolute Gasteiger partial charge is 0.378 e. The zero-order chi connectivity index (χ0) is 13.0. The van der Waals surface area contributed by atoms with E-state index in [9.17, 15) is 0 Å². The molecule has 7 heteroatoms. The van der Waals surface area contributed by atoms with Crippen LogP contribution in [0.5, 0.6) is 0 Å². The maximum Gasteiger partial charge on any atom is 0.191 e. The summed E-state index contributed by atoms with van der Waals surface area (Å²) in [5.74, 6) is 0.587. The first-order valence-corrected chi connectivity index (χ1v) is 7.19. The zero-order valence-electron chi connectivity index (χ0n) is 10.3. The Morgan fingerprint density at radius 1 is 1.42 bits per heavy atom. The summed E-state index contributed by atoms with van der Waals surface area (Å²) in [5.41, 5.74) is 7.10. The Morgan fingerprint density at radius 2 is 2.11 bits per heavy atom. The highest BCUT2D eigenvalue weighted by molar-refractivity contribution is 14.1. The number of benzene rings is 1. The van der Waals surface area contributed by atoms with Gasteiger partial charge in [-0.2, -0.15) is 0 Å². The van der Waals surface area contributed by atoms with Gasteiger partial charge in [0.1, 0.15) is 0 Å². The van der Waals surface area contributed by atoms with Crippen LogP contribution in [0.25, 0.3) is 0 Å². The van der Waals surface area contributed by atoms with E-state index in [0.717, 1.165) is 27.2 Å². The van der Waals surface area contributed by atoms with Crippen molar-refractivity contribution in [3.63, 3.8) is 0 Å². The molecule has 1 aliphatic heterocycles. The highest BCUT2D eigenvalue weighted by Gasteiger charge is 2.12. The van der Waals surface area contributed by atoms with Crippen LogP contribution in [0, 0.1) is 3.57 Å². The van der Waals surface area contributed by atoms with Crippen molar-refractivity contribution in [3.8, 4) is 0 Å². The van der Waals surface area contributed by atoms with E-state index < -0.39 is 0 Å². The molecule has 1 fully saturated rings. The van der Waals surface area contributed by atoms with E-state index in [2.05, 4.69) is 27.6 Å². The number of nitrogens with two attached hydrogens (primary N) is 1. The summed E-state index contributed by atoms with van der Waals surface area (Å²) >= 11 is 8.17. The van der Waals surface area contributed by atoms with Crippen LogP contribution in [-0.2, 0) is 11.3 Å². The van der Waals surface area contributed by atoms with Crippen LogP contribution in [0.15, 0.2) is 23.2 Å². The van der Waals surface area contributed by atoms with E-state index >= 15 is 0 Å². The van der Waals surface area contributed by atoms with Gasteiger partial charge in [-0.15, -0.1) is 24.0 Å². The SMILES string of the molecule is I.NC(=NCc1ccc(Cl)cc1I)N1CCOCC1. The van der Waals surface area contributed by atoms with Gasteiger partial charge in [0, 0.05) is 21.7 Å². The fourth-order valence-electron chi connectivity index (χ4n) is 1.71. The van der Waals surface area contributed by atoms with Crippen LogP contribution in [0.4, 0.5) is 0 Å². The van der Waals surface area contributed by atoms with E-state index in [4.69, 9.17) is 22.1 Å². The van der Waals surface area contributed by atoms with Crippen LogP contribution >= 0.6 is 58.2 Å². The van der Waals surface area contributed by atoms with Gasteiger partial charge in [-0.3, -0.25) is 0 Å². The van der Waals surface area contributed by atoms with Crippen molar-refractivity contribution in [1.82, 2.24) is 4.90 Å². The fraction of sp³-hybridized carbons (Fsp3) is 0.417. The molecule has 1 aromatic rings. The van der Waals surface area contributed by atoms with E-state index in [1.165, 1.54) is 0 Å². The molecule has 0 aliphatic carbocycles. The molecule has 1 aromatic carbocycles. The van der Waals surface area contributed by atoms with E-state index in [-0.39, 0.29) is 24.0 Å². The third kappa shape index (κ3) is 5.24. The standard InChI is InChI=1S/C12H15ClIN3O.HI/c13-10-2-1-9(11(14)7-10)8-16-12(15)17-3-5-18-6-4-17;/h1-2,7H,3-6,8H2,(H2,15,16);1H. The average Bonchev–Trinajstić information content (AvgIpc) is 2.38. The monoisotopic (exact) mass is 507 g/mol. The van der Waals surface area contributed by atoms with Gasteiger partial charge in [0.25, 0.3) is 0 Å². The van der Waals surface area contributed by atoms with Gasteiger partial charge in [-0.05, 0) is 40.3 Å². The minimum atomic E-state index is 0. The maximum atomic E-state index is 5.97. The number of aliphatic imine (C=N–C) groups is 1. The highest BCUT2D eigenvalue weighted by atomic mass is 127. The van der Waals surface area contributed by atoms with E-state index in [1.54, 1.807) is 0 Å². The Balaban J connectivity index is 0.00000180. The molecule has 0 atom stereocenters. The summed E-state index contributed by atoms with van der Waals surface area (Å²) in [6, 6.07) is 5.79. The lowest BCUT2D eigenvalue weighted by Crippen LogP contribution is -2.44. The molecular weight excluding hydrogens is 491 g/mol. The fourth-order valence-corrected chi connectivity index (χ4v) is 2.75. The first-order chi connectivity index (χ1) is 8.66. The third-order valence-electron chi connectivity index (χ3n) is 2.76. The molecule has 0 bridgehead atoms. The third-order valence-corrected chi connectivity index (χ3v) is 4.00. The predicted octanol–water partition coefficient (Wildman–Crippen LogP) is 2.71. The van der Waals surface area contributed by atoms with Crippen molar-refractivity contribution in [1.29, 1.82) is 0 Å². The molecule has 4 nitrogen and oxygen atoms in total. The predicted molar refractivity (Wildman–Crippen MR) is 97.3 cm³/mol. The van der Waals surface area contributed by atoms with Crippen molar-refractivity contribution < 1.29 is 4.74 Å². The van der Waals surface area contributed by atoms with Crippen molar-refractivity contribution in [2.45, 2.75) is 6.54 Å². The Hall–Kier alpha value is 0.200. The molecule has 106 valence electrons. The maximum absolute atomic E-state index is 5.97. The van der Waals surface area contributed by atoms with E-state index in [0.29, 0.717) is 25.7 Å². The van der Waals surface area contributed by atoms with Gasteiger partial charge in [0.15, 0.2) is 5.96 Å². The van der Waals surface area contributed by atoms with Gasteiger partial charge in [-0.1, -0.05) is 17.7 Å². The summed E-state index contributed by atoms with van der Waals surface area (Å²) in [5, 5.41) is 0.744. The lowest BCUT2D eigenvalue weighted by atomic mass is 10.2. The number of guanidine groups is 1. The number of nitrogens with zero attached hydrogens (tertiary/aromatic N) is 2. The second-order valence-corrected chi connectivity index (χ2v) is 5.61. The first kappa shape index (κ1) is 17.3. The smallest absolute Gasteiger partial charge is 0.191 e. The van der Waals surface area contributed by atoms with Gasteiger partial charge >= 0.3 is 0 Å². The van der Waals surface area contributed by atoms with Crippen molar-refractivity contribution in [3.05, 3.63) is 32.4 Å². The molecule has 0 unspecified atom stereocenters. The zero-order valence-corrected chi connectivity index (χ0v) is 15.6. The van der Waals surface area contributed by atoms with Gasteiger partial charge in [0.05, 0.1) is 19.8 Å². The molecule has 19 heavy (non-hydrogen) atoms. The second-order valence-electron chi connectivity index (χ2n) is 4.01. The molecular formula is C12H16ClI2N3O. The molecule has 0 spiro atoms. The molecule has 0 radical (unpaired) electrons. The van der Waals surface area contributed by atoms with Crippen LogP contribution in [0.1, 0.15) is 5.56 Å². The van der Waals surface area contributed by atoms with Crippen LogP contribution in [0.3, 0.4) is 0 Å².